The Kier molecular flexibility index (Phi) is 5.30. The van der Waals surface area contributed by atoms with Gasteiger partial charge in [-0.25, -0.2) is 13.1 Å². The highest BCUT2D eigenvalue weighted by Crippen LogP contribution is 2.22. The van der Waals surface area contributed by atoms with Gasteiger partial charge < -0.3 is 0 Å². The molecule has 1 N–H and O–H groups in total. The molecule has 2 aromatic rings. The number of hydrogen-bond donors (Lipinski definition) is 1. The number of hydrogen-bond acceptors (Lipinski definition) is 2. The Labute approximate surface area is 141 Å². The van der Waals surface area contributed by atoms with Gasteiger partial charge in [0, 0.05) is 20.2 Å². The molecule has 7 heteroatoms. The first kappa shape index (κ1) is 16.0. The van der Waals surface area contributed by atoms with E-state index in [4.69, 9.17) is 23.2 Å². The van der Waals surface area contributed by atoms with Crippen molar-refractivity contribution in [3.05, 3.63) is 61.6 Å². The molecule has 0 fully saturated rings. The van der Waals surface area contributed by atoms with Crippen molar-refractivity contribution in [1.29, 1.82) is 0 Å². The molecule has 106 valence electrons. The first-order valence-electron chi connectivity index (χ1n) is 5.57. The molecule has 2 aromatic carbocycles. The molecule has 0 amide bonds. The molecule has 0 atom stereocenters. The summed E-state index contributed by atoms with van der Waals surface area (Å²) in [6.07, 6.45) is 0. The molecule has 20 heavy (non-hydrogen) atoms. The third kappa shape index (κ3) is 4.33. The number of rotatable bonds is 4. The predicted molar refractivity (Wildman–Crippen MR) is 89.6 cm³/mol. The van der Waals surface area contributed by atoms with Gasteiger partial charge in [-0.2, -0.15) is 0 Å². The molecule has 0 aliphatic heterocycles. The molecule has 2 rings (SSSR count). The largest absolute Gasteiger partial charge is 0.240 e. The van der Waals surface area contributed by atoms with E-state index in [1.807, 2.05) is 24.3 Å². The number of benzene rings is 2. The number of halogens is 3. The third-order valence-corrected chi connectivity index (χ3v) is 5.06. The van der Waals surface area contributed by atoms with Gasteiger partial charge in [-0.15, -0.1) is 0 Å². The van der Waals surface area contributed by atoms with Crippen molar-refractivity contribution < 1.29 is 8.42 Å². The zero-order valence-corrected chi connectivity index (χ0v) is 14.6. The van der Waals surface area contributed by atoms with Crippen LogP contribution in [0, 0.1) is 3.57 Å². The van der Waals surface area contributed by atoms with E-state index in [9.17, 15) is 8.42 Å². The van der Waals surface area contributed by atoms with E-state index in [-0.39, 0.29) is 21.5 Å². The normalized spacial score (nSPS) is 11.6. The van der Waals surface area contributed by atoms with Crippen LogP contribution in [0.5, 0.6) is 0 Å². The van der Waals surface area contributed by atoms with E-state index in [1.165, 1.54) is 18.2 Å². The van der Waals surface area contributed by atoms with Crippen molar-refractivity contribution in [1.82, 2.24) is 4.72 Å². The van der Waals surface area contributed by atoms with Gasteiger partial charge in [-0.05, 0) is 58.5 Å². The van der Waals surface area contributed by atoms with Crippen LogP contribution in [0.3, 0.4) is 0 Å². The van der Waals surface area contributed by atoms with Gasteiger partial charge in [0.1, 0.15) is 0 Å². The minimum Gasteiger partial charge on any atom is -0.207 e. The molecular weight excluding hydrogens is 432 g/mol. The van der Waals surface area contributed by atoms with Crippen molar-refractivity contribution in [2.45, 2.75) is 11.4 Å². The van der Waals surface area contributed by atoms with Crippen molar-refractivity contribution in [2.24, 2.45) is 0 Å². The number of sulfonamides is 1. The summed E-state index contributed by atoms with van der Waals surface area (Å²) in [7, 11) is -3.63. The summed E-state index contributed by atoms with van der Waals surface area (Å²) in [6, 6.07) is 11.8. The maximum Gasteiger partial charge on any atom is 0.240 e. The first-order chi connectivity index (χ1) is 9.37. The van der Waals surface area contributed by atoms with Gasteiger partial charge >= 0.3 is 0 Å². The lowest BCUT2D eigenvalue weighted by atomic mass is 10.2. The lowest BCUT2D eigenvalue weighted by Crippen LogP contribution is -2.23. The van der Waals surface area contributed by atoms with Crippen LogP contribution in [0.2, 0.25) is 10.0 Å². The van der Waals surface area contributed by atoms with Crippen LogP contribution in [-0.4, -0.2) is 8.42 Å². The van der Waals surface area contributed by atoms with Crippen LogP contribution in [0.4, 0.5) is 0 Å². The lowest BCUT2D eigenvalue weighted by molar-refractivity contribution is 0.581. The maximum absolute atomic E-state index is 12.1. The van der Waals surface area contributed by atoms with Crippen molar-refractivity contribution in [2.75, 3.05) is 0 Å². The molecule has 0 unspecified atom stereocenters. The monoisotopic (exact) mass is 441 g/mol. The Bertz CT molecular complexity index is 697. The number of nitrogens with one attached hydrogen (secondary N) is 1. The van der Waals surface area contributed by atoms with Crippen molar-refractivity contribution in [3.8, 4) is 0 Å². The fraction of sp³-hybridized carbons (Fsp3) is 0.0769. The molecule has 0 aromatic heterocycles. The summed E-state index contributed by atoms with van der Waals surface area (Å²) in [4.78, 5) is 0.0560. The van der Waals surface area contributed by atoms with Crippen LogP contribution in [0.1, 0.15) is 5.56 Å². The van der Waals surface area contributed by atoms with Crippen molar-refractivity contribution in [3.63, 3.8) is 0 Å². The van der Waals surface area contributed by atoms with E-state index in [0.717, 1.165) is 9.13 Å². The molecule has 0 aliphatic rings. The summed E-state index contributed by atoms with van der Waals surface area (Å²) in [5.74, 6) is 0. The molecule has 0 saturated heterocycles. The molecule has 0 saturated carbocycles. The molecule has 0 spiro atoms. The smallest absolute Gasteiger partial charge is 0.207 e. The molecule has 0 radical (unpaired) electrons. The van der Waals surface area contributed by atoms with E-state index in [2.05, 4.69) is 27.3 Å². The summed E-state index contributed by atoms with van der Waals surface area (Å²) < 4.78 is 27.9. The van der Waals surface area contributed by atoms with Gasteiger partial charge in [-0.3, -0.25) is 0 Å². The highest BCUT2D eigenvalue weighted by Gasteiger charge is 2.15. The molecule has 0 aliphatic carbocycles. The average molecular weight is 442 g/mol. The average Bonchev–Trinajstić information content (AvgIpc) is 2.37. The fourth-order valence-electron chi connectivity index (χ4n) is 1.55. The molecule has 3 nitrogen and oxygen atoms in total. The topological polar surface area (TPSA) is 46.2 Å². The fourth-order valence-corrected chi connectivity index (χ4v) is 3.65. The minimum absolute atomic E-state index is 0.0560. The summed E-state index contributed by atoms with van der Waals surface area (Å²) in [5.41, 5.74) is 0.877. The maximum atomic E-state index is 12.1. The zero-order chi connectivity index (χ0) is 14.8. The molecule has 0 bridgehead atoms. The Morgan fingerprint density at radius 1 is 1.00 bits per heavy atom. The van der Waals surface area contributed by atoms with Crippen LogP contribution >= 0.6 is 45.8 Å². The SMILES string of the molecule is O=S(=O)(NCc1ccc(I)cc1)c1cc(Cl)cc(Cl)c1. The standard InChI is InChI=1S/C13H10Cl2INO2S/c14-10-5-11(15)7-13(6-10)20(18,19)17-8-9-1-3-12(16)4-2-9/h1-7,17H,8H2. The van der Waals surface area contributed by atoms with Gasteiger partial charge in [0.05, 0.1) is 4.90 Å². The second-order valence-electron chi connectivity index (χ2n) is 4.06. The Morgan fingerprint density at radius 3 is 2.10 bits per heavy atom. The quantitative estimate of drug-likeness (QED) is 0.726. The first-order valence-corrected chi connectivity index (χ1v) is 8.89. The van der Waals surface area contributed by atoms with Gasteiger partial charge in [0.2, 0.25) is 10.0 Å². The Balaban J connectivity index is 2.16. The highest BCUT2D eigenvalue weighted by molar-refractivity contribution is 14.1. The van der Waals surface area contributed by atoms with Crippen LogP contribution < -0.4 is 4.72 Å². The highest BCUT2D eigenvalue weighted by atomic mass is 127. The van der Waals surface area contributed by atoms with Gasteiger partial charge in [-0.1, -0.05) is 35.3 Å². The lowest BCUT2D eigenvalue weighted by Gasteiger charge is -2.08. The summed E-state index contributed by atoms with van der Waals surface area (Å²) in [6.45, 7) is 0.212. The minimum atomic E-state index is -3.63. The summed E-state index contributed by atoms with van der Waals surface area (Å²) in [5, 5.41) is 0.569. The van der Waals surface area contributed by atoms with Crippen molar-refractivity contribution >= 4 is 55.8 Å². The van der Waals surface area contributed by atoms with E-state index in [0.29, 0.717) is 0 Å². The Hall–Kier alpha value is -0.340. The zero-order valence-electron chi connectivity index (χ0n) is 10.1. The Morgan fingerprint density at radius 2 is 1.55 bits per heavy atom. The van der Waals surface area contributed by atoms with E-state index >= 15 is 0 Å². The van der Waals surface area contributed by atoms with E-state index in [1.54, 1.807) is 0 Å². The van der Waals surface area contributed by atoms with Gasteiger partial charge in [0.15, 0.2) is 0 Å². The molecular formula is C13H10Cl2INO2S. The van der Waals surface area contributed by atoms with E-state index < -0.39 is 10.0 Å². The third-order valence-electron chi connectivity index (χ3n) is 2.53. The summed E-state index contributed by atoms with van der Waals surface area (Å²) >= 11 is 13.8. The second kappa shape index (κ2) is 6.62. The van der Waals surface area contributed by atoms with Crippen LogP contribution in [-0.2, 0) is 16.6 Å². The van der Waals surface area contributed by atoms with Gasteiger partial charge in [0.25, 0.3) is 0 Å². The van der Waals surface area contributed by atoms with Crippen LogP contribution in [0.15, 0.2) is 47.4 Å². The van der Waals surface area contributed by atoms with Crippen LogP contribution in [0.25, 0.3) is 0 Å². The second-order valence-corrected chi connectivity index (χ2v) is 7.94. The molecule has 0 heterocycles. The predicted octanol–water partition coefficient (Wildman–Crippen LogP) is 4.08.